The SMILES string of the molecule is CCN(CC)c1ccc(N2CCN3CCCCC3C2)cc1. The third-order valence-corrected chi connectivity index (χ3v) is 5.18. The summed E-state index contributed by atoms with van der Waals surface area (Å²) in [6, 6.07) is 9.98. The second kappa shape index (κ2) is 6.69. The molecule has 0 aliphatic carbocycles. The van der Waals surface area contributed by atoms with Crippen LogP contribution >= 0.6 is 0 Å². The monoisotopic (exact) mass is 287 g/mol. The molecule has 21 heavy (non-hydrogen) atoms. The first kappa shape index (κ1) is 14.7. The molecule has 0 amide bonds. The molecule has 0 spiro atoms. The highest BCUT2D eigenvalue weighted by Gasteiger charge is 2.28. The first-order valence-corrected chi connectivity index (χ1v) is 8.65. The van der Waals surface area contributed by atoms with Crippen LogP contribution in [-0.4, -0.2) is 50.2 Å². The number of rotatable bonds is 4. The van der Waals surface area contributed by atoms with E-state index in [1.165, 1.54) is 56.8 Å². The van der Waals surface area contributed by atoms with Gasteiger partial charge >= 0.3 is 0 Å². The largest absolute Gasteiger partial charge is 0.372 e. The summed E-state index contributed by atoms with van der Waals surface area (Å²) in [7, 11) is 0. The summed E-state index contributed by atoms with van der Waals surface area (Å²) in [4.78, 5) is 7.69. The fourth-order valence-electron chi connectivity index (χ4n) is 3.85. The van der Waals surface area contributed by atoms with Gasteiger partial charge in [0.25, 0.3) is 0 Å². The molecule has 2 aliphatic rings. The smallest absolute Gasteiger partial charge is 0.0368 e. The Bertz CT molecular complexity index is 438. The first-order valence-electron chi connectivity index (χ1n) is 8.65. The van der Waals surface area contributed by atoms with Crippen molar-refractivity contribution in [2.75, 3.05) is 49.1 Å². The molecule has 2 heterocycles. The molecular weight excluding hydrogens is 258 g/mol. The number of hydrogen-bond acceptors (Lipinski definition) is 3. The third-order valence-electron chi connectivity index (χ3n) is 5.18. The Balaban J connectivity index is 1.67. The third kappa shape index (κ3) is 3.18. The summed E-state index contributed by atoms with van der Waals surface area (Å²) in [5, 5.41) is 0. The van der Waals surface area contributed by atoms with E-state index in [1.54, 1.807) is 0 Å². The van der Waals surface area contributed by atoms with Crippen LogP contribution in [0.3, 0.4) is 0 Å². The van der Waals surface area contributed by atoms with Crippen LogP contribution in [0.25, 0.3) is 0 Å². The average Bonchev–Trinajstić information content (AvgIpc) is 2.56. The van der Waals surface area contributed by atoms with Crippen molar-refractivity contribution in [3.05, 3.63) is 24.3 Å². The Kier molecular flexibility index (Phi) is 4.69. The lowest BCUT2D eigenvalue weighted by molar-refractivity contribution is 0.133. The van der Waals surface area contributed by atoms with Gasteiger partial charge in [0, 0.05) is 50.1 Å². The molecule has 2 aliphatic heterocycles. The van der Waals surface area contributed by atoms with Crippen LogP contribution in [0.4, 0.5) is 11.4 Å². The van der Waals surface area contributed by atoms with Crippen molar-refractivity contribution in [3.63, 3.8) is 0 Å². The Morgan fingerprint density at radius 2 is 1.76 bits per heavy atom. The van der Waals surface area contributed by atoms with Crippen molar-refractivity contribution in [2.45, 2.75) is 39.2 Å². The number of anilines is 2. The van der Waals surface area contributed by atoms with E-state index in [4.69, 9.17) is 0 Å². The molecule has 3 heteroatoms. The summed E-state index contributed by atoms with van der Waals surface area (Å²) in [6.07, 6.45) is 4.19. The van der Waals surface area contributed by atoms with E-state index in [0.29, 0.717) is 0 Å². The molecule has 0 saturated carbocycles. The lowest BCUT2D eigenvalue weighted by Crippen LogP contribution is -2.54. The van der Waals surface area contributed by atoms with Gasteiger partial charge in [-0.1, -0.05) is 6.42 Å². The van der Waals surface area contributed by atoms with Crippen LogP contribution in [-0.2, 0) is 0 Å². The van der Waals surface area contributed by atoms with Gasteiger partial charge in [-0.25, -0.2) is 0 Å². The molecule has 3 nitrogen and oxygen atoms in total. The predicted octanol–water partition coefficient (Wildman–Crippen LogP) is 3.21. The molecule has 0 radical (unpaired) electrons. The summed E-state index contributed by atoms with van der Waals surface area (Å²) >= 11 is 0. The van der Waals surface area contributed by atoms with Gasteiger partial charge in [-0.05, 0) is 57.5 Å². The van der Waals surface area contributed by atoms with Crippen molar-refractivity contribution >= 4 is 11.4 Å². The fourth-order valence-corrected chi connectivity index (χ4v) is 3.85. The van der Waals surface area contributed by atoms with Crippen molar-refractivity contribution in [1.82, 2.24) is 4.90 Å². The van der Waals surface area contributed by atoms with E-state index >= 15 is 0 Å². The van der Waals surface area contributed by atoms with Crippen LogP contribution in [0.2, 0.25) is 0 Å². The fraction of sp³-hybridized carbons (Fsp3) is 0.667. The van der Waals surface area contributed by atoms with Crippen LogP contribution in [0.5, 0.6) is 0 Å². The standard InChI is InChI=1S/C18H29N3/c1-3-19(4-2)16-8-10-17(11-9-16)21-14-13-20-12-6-5-7-18(20)15-21/h8-11,18H,3-7,12-15H2,1-2H3. The second-order valence-corrected chi connectivity index (χ2v) is 6.32. The maximum Gasteiger partial charge on any atom is 0.0368 e. The van der Waals surface area contributed by atoms with Crippen molar-refractivity contribution in [2.24, 2.45) is 0 Å². The first-order chi connectivity index (χ1) is 10.3. The average molecular weight is 287 g/mol. The van der Waals surface area contributed by atoms with Crippen LogP contribution < -0.4 is 9.80 Å². The summed E-state index contributed by atoms with van der Waals surface area (Å²) in [5.74, 6) is 0. The molecule has 0 N–H and O–H groups in total. The molecular formula is C18H29N3. The van der Waals surface area contributed by atoms with E-state index in [0.717, 1.165) is 19.1 Å². The zero-order valence-electron chi connectivity index (χ0n) is 13.6. The molecule has 0 bridgehead atoms. The molecule has 0 aromatic heterocycles. The predicted molar refractivity (Wildman–Crippen MR) is 91.4 cm³/mol. The Morgan fingerprint density at radius 1 is 1.00 bits per heavy atom. The second-order valence-electron chi connectivity index (χ2n) is 6.32. The maximum atomic E-state index is 2.70. The van der Waals surface area contributed by atoms with E-state index in [-0.39, 0.29) is 0 Å². The Morgan fingerprint density at radius 3 is 2.48 bits per heavy atom. The van der Waals surface area contributed by atoms with Gasteiger partial charge in [-0.3, -0.25) is 4.90 Å². The number of benzene rings is 1. The van der Waals surface area contributed by atoms with Gasteiger partial charge in [0.15, 0.2) is 0 Å². The zero-order valence-corrected chi connectivity index (χ0v) is 13.6. The molecule has 116 valence electrons. The highest BCUT2D eigenvalue weighted by atomic mass is 15.3. The molecule has 2 saturated heterocycles. The molecule has 1 aromatic rings. The zero-order chi connectivity index (χ0) is 14.7. The van der Waals surface area contributed by atoms with Gasteiger partial charge in [-0.15, -0.1) is 0 Å². The molecule has 2 fully saturated rings. The summed E-state index contributed by atoms with van der Waals surface area (Å²) < 4.78 is 0. The minimum absolute atomic E-state index is 0.787. The normalized spacial score (nSPS) is 23.0. The number of piperazine rings is 1. The van der Waals surface area contributed by atoms with Gasteiger partial charge in [0.2, 0.25) is 0 Å². The summed E-state index contributed by atoms with van der Waals surface area (Å²) in [5.41, 5.74) is 2.75. The lowest BCUT2D eigenvalue weighted by Gasteiger charge is -2.45. The van der Waals surface area contributed by atoms with E-state index < -0.39 is 0 Å². The molecule has 3 rings (SSSR count). The van der Waals surface area contributed by atoms with Crippen LogP contribution in [0.15, 0.2) is 24.3 Å². The number of hydrogen-bond donors (Lipinski definition) is 0. The van der Waals surface area contributed by atoms with Gasteiger partial charge in [-0.2, -0.15) is 0 Å². The Labute approximate surface area is 129 Å². The summed E-state index contributed by atoms with van der Waals surface area (Å²) in [6.45, 7) is 11.6. The van der Waals surface area contributed by atoms with Crippen molar-refractivity contribution in [1.29, 1.82) is 0 Å². The maximum absolute atomic E-state index is 2.70. The molecule has 1 unspecified atom stereocenters. The minimum Gasteiger partial charge on any atom is -0.372 e. The number of piperidine rings is 1. The van der Waals surface area contributed by atoms with Crippen LogP contribution in [0.1, 0.15) is 33.1 Å². The van der Waals surface area contributed by atoms with Crippen molar-refractivity contribution in [3.8, 4) is 0 Å². The lowest BCUT2D eigenvalue weighted by atomic mass is 9.99. The van der Waals surface area contributed by atoms with Crippen molar-refractivity contribution < 1.29 is 0 Å². The number of nitrogens with zero attached hydrogens (tertiary/aromatic N) is 3. The highest BCUT2D eigenvalue weighted by Crippen LogP contribution is 2.26. The topological polar surface area (TPSA) is 9.72 Å². The quantitative estimate of drug-likeness (QED) is 0.842. The highest BCUT2D eigenvalue weighted by molar-refractivity contribution is 5.56. The minimum atomic E-state index is 0.787. The van der Waals surface area contributed by atoms with E-state index in [9.17, 15) is 0 Å². The van der Waals surface area contributed by atoms with Gasteiger partial charge in [0.05, 0.1) is 0 Å². The van der Waals surface area contributed by atoms with E-state index in [2.05, 4.69) is 52.8 Å². The van der Waals surface area contributed by atoms with E-state index in [1.807, 2.05) is 0 Å². The molecule has 1 aromatic carbocycles. The number of fused-ring (bicyclic) bond motifs is 1. The van der Waals surface area contributed by atoms with Gasteiger partial charge < -0.3 is 9.80 Å². The Hall–Kier alpha value is -1.22. The van der Waals surface area contributed by atoms with Crippen LogP contribution in [0, 0.1) is 0 Å². The van der Waals surface area contributed by atoms with Gasteiger partial charge in [0.1, 0.15) is 0 Å². The molecule has 1 atom stereocenters.